The monoisotopic (exact) mass is 574 g/mol. The highest BCUT2D eigenvalue weighted by molar-refractivity contribution is 5.66. The van der Waals surface area contributed by atoms with Gasteiger partial charge in [-0.25, -0.2) is 0 Å². The Morgan fingerprint density at radius 1 is 1.00 bits per heavy atom. The van der Waals surface area contributed by atoms with Crippen LogP contribution in [-0.4, -0.2) is 73.3 Å². The molecule has 5 atom stereocenters. The minimum atomic E-state index is -1.24. The third kappa shape index (κ3) is 10.4. The Morgan fingerprint density at radius 2 is 1.66 bits per heavy atom. The van der Waals surface area contributed by atoms with Crippen molar-refractivity contribution in [2.75, 3.05) is 26.9 Å². The largest absolute Gasteiger partial charge is 0.497 e. The standard InChI is InChI=1S/C32H46O9/c1-5-32(6-2)39-21-27(41-32)18-29(34)31(35)28(22-38-20-25-12-14-26(36-4)15-13-25)30(40-23(3)33)16-17-37-19-24-10-8-7-9-11-24/h7-15,27-31,34-35H,5-6,16-22H2,1-4H3/t27-,28-,29-,30-,31+/m0/s1. The predicted molar refractivity (Wildman–Crippen MR) is 153 cm³/mol. The number of esters is 1. The van der Waals surface area contributed by atoms with Crippen molar-refractivity contribution in [2.24, 2.45) is 5.92 Å². The number of carbonyl (C=O) groups excluding carboxylic acids is 1. The molecule has 0 aliphatic carbocycles. The number of benzene rings is 2. The molecule has 2 N–H and O–H groups in total. The molecule has 0 unspecified atom stereocenters. The van der Waals surface area contributed by atoms with Crippen molar-refractivity contribution in [1.82, 2.24) is 0 Å². The Morgan fingerprint density at radius 3 is 2.27 bits per heavy atom. The van der Waals surface area contributed by atoms with Gasteiger partial charge in [0.05, 0.1) is 58.5 Å². The average molecular weight is 575 g/mol. The predicted octanol–water partition coefficient (Wildman–Crippen LogP) is 4.41. The van der Waals surface area contributed by atoms with Crippen molar-refractivity contribution in [2.45, 2.75) is 89.9 Å². The van der Waals surface area contributed by atoms with Crippen LogP contribution in [0.25, 0.3) is 0 Å². The van der Waals surface area contributed by atoms with Gasteiger partial charge in [-0.3, -0.25) is 4.79 Å². The zero-order valence-electron chi connectivity index (χ0n) is 24.7. The number of carbonyl (C=O) groups is 1. The second-order valence-corrected chi connectivity index (χ2v) is 10.5. The fraction of sp³-hybridized carbons (Fsp3) is 0.594. The molecular weight excluding hydrogens is 528 g/mol. The molecule has 0 amide bonds. The molecule has 0 saturated carbocycles. The number of hydrogen-bond acceptors (Lipinski definition) is 9. The van der Waals surface area contributed by atoms with Crippen molar-refractivity contribution >= 4 is 5.97 Å². The summed E-state index contributed by atoms with van der Waals surface area (Å²) in [4.78, 5) is 12.1. The maximum Gasteiger partial charge on any atom is 0.302 e. The molecule has 2 aromatic carbocycles. The van der Waals surface area contributed by atoms with Gasteiger partial charge in [-0.15, -0.1) is 0 Å². The van der Waals surface area contributed by atoms with Crippen molar-refractivity contribution in [3.63, 3.8) is 0 Å². The van der Waals surface area contributed by atoms with Crippen LogP contribution in [0.2, 0.25) is 0 Å². The lowest BCUT2D eigenvalue weighted by Crippen LogP contribution is -2.45. The summed E-state index contributed by atoms with van der Waals surface area (Å²) >= 11 is 0. The van der Waals surface area contributed by atoms with Crippen LogP contribution in [0.5, 0.6) is 5.75 Å². The first kappa shape index (κ1) is 33.0. The Balaban J connectivity index is 1.67. The van der Waals surface area contributed by atoms with Gasteiger partial charge >= 0.3 is 5.97 Å². The van der Waals surface area contributed by atoms with Gasteiger partial charge < -0.3 is 38.6 Å². The van der Waals surface area contributed by atoms with Crippen LogP contribution in [0.15, 0.2) is 54.6 Å². The first-order chi connectivity index (χ1) is 19.8. The lowest BCUT2D eigenvalue weighted by molar-refractivity contribution is -0.178. The molecule has 2 aromatic rings. The molecule has 1 heterocycles. The van der Waals surface area contributed by atoms with E-state index in [2.05, 4.69) is 0 Å². The van der Waals surface area contributed by atoms with Crippen molar-refractivity contribution in [3.8, 4) is 5.75 Å². The molecular formula is C32H46O9. The number of ether oxygens (including phenoxy) is 6. The van der Waals surface area contributed by atoms with E-state index >= 15 is 0 Å². The summed E-state index contributed by atoms with van der Waals surface area (Å²) in [5, 5.41) is 22.5. The Labute approximate surface area is 243 Å². The second-order valence-electron chi connectivity index (χ2n) is 10.5. The van der Waals surface area contributed by atoms with Crippen LogP contribution in [0, 0.1) is 5.92 Å². The highest BCUT2D eigenvalue weighted by atomic mass is 16.7. The normalized spacial score (nSPS) is 19.3. The topological polar surface area (TPSA) is 113 Å². The highest BCUT2D eigenvalue weighted by Crippen LogP contribution is 2.33. The summed E-state index contributed by atoms with van der Waals surface area (Å²) < 4.78 is 34.7. The molecule has 1 aliphatic rings. The van der Waals surface area contributed by atoms with Gasteiger partial charge in [-0.1, -0.05) is 56.3 Å². The van der Waals surface area contributed by atoms with Crippen molar-refractivity contribution in [3.05, 3.63) is 65.7 Å². The smallest absolute Gasteiger partial charge is 0.302 e. The molecule has 9 heteroatoms. The Hall–Kier alpha value is -2.53. The summed E-state index contributed by atoms with van der Waals surface area (Å²) in [6, 6.07) is 17.2. The number of aliphatic hydroxyl groups excluding tert-OH is 2. The second kappa shape index (κ2) is 16.8. The number of aliphatic hydroxyl groups is 2. The highest BCUT2D eigenvalue weighted by Gasteiger charge is 2.42. The van der Waals surface area contributed by atoms with E-state index in [-0.39, 0.29) is 25.7 Å². The van der Waals surface area contributed by atoms with E-state index < -0.39 is 36.0 Å². The lowest BCUT2D eigenvalue weighted by atomic mass is 9.89. The van der Waals surface area contributed by atoms with Gasteiger partial charge in [0.2, 0.25) is 0 Å². The van der Waals surface area contributed by atoms with E-state index in [1.54, 1.807) is 7.11 Å². The third-order valence-corrected chi connectivity index (χ3v) is 7.52. The van der Waals surface area contributed by atoms with Gasteiger partial charge in [0.15, 0.2) is 5.79 Å². The molecule has 0 bridgehead atoms. The SMILES string of the molecule is CCC1(CC)OC[C@H](C[C@H](O)[C@H](O)[C@@H](COCc2ccc(OC)cc2)[C@H](CCOCc2ccccc2)OC(C)=O)O1. The van der Waals surface area contributed by atoms with Crippen LogP contribution in [-0.2, 0) is 41.7 Å². The molecule has 1 fully saturated rings. The maximum atomic E-state index is 12.1. The van der Waals surface area contributed by atoms with Gasteiger partial charge in [0, 0.05) is 25.7 Å². The van der Waals surface area contributed by atoms with Gasteiger partial charge in [0.1, 0.15) is 11.9 Å². The number of rotatable bonds is 18. The molecule has 1 aliphatic heterocycles. The Kier molecular flexibility index (Phi) is 13.5. The van der Waals surface area contributed by atoms with Gasteiger partial charge in [-0.05, 0) is 36.1 Å². The van der Waals surface area contributed by atoms with Crippen LogP contribution in [0.4, 0.5) is 0 Å². The molecule has 0 radical (unpaired) electrons. The molecule has 228 valence electrons. The van der Waals surface area contributed by atoms with Crippen molar-refractivity contribution in [1.29, 1.82) is 0 Å². The summed E-state index contributed by atoms with van der Waals surface area (Å²) in [6.07, 6.45) is -1.61. The van der Waals surface area contributed by atoms with Crippen LogP contribution >= 0.6 is 0 Å². The van der Waals surface area contributed by atoms with Crippen LogP contribution < -0.4 is 4.74 Å². The molecule has 0 aromatic heterocycles. The number of methoxy groups -OCH3 is 1. The van der Waals surface area contributed by atoms with Crippen LogP contribution in [0.1, 0.15) is 57.6 Å². The molecule has 41 heavy (non-hydrogen) atoms. The van der Waals surface area contributed by atoms with E-state index in [1.165, 1.54) is 6.92 Å². The molecule has 3 rings (SSSR count). The molecule has 0 spiro atoms. The van der Waals surface area contributed by atoms with E-state index in [9.17, 15) is 15.0 Å². The lowest BCUT2D eigenvalue weighted by Gasteiger charge is -2.33. The Bertz CT molecular complexity index is 1010. The van der Waals surface area contributed by atoms with E-state index in [0.29, 0.717) is 39.1 Å². The first-order valence-corrected chi connectivity index (χ1v) is 14.5. The summed E-state index contributed by atoms with van der Waals surface area (Å²) in [5.41, 5.74) is 1.95. The fourth-order valence-corrected chi connectivity index (χ4v) is 5.05. The maximum absolute atomic E-state index is 12.1. The molecule has 9 nitrogen and oxygen atoms in total. The summed E-state index contributed by atoms with van der Waals surface area (Å²) in [5.74, 6) is -1.11. The fourth-order valence-electron chi connectivity index (χ4n) is 5.05. The van der Waals surface area contributed by atoms with E-state index in [0.717, 1.165) is 16.9 Å². The van der Waals surface area contributed by atoms with Gasteiger partial charge in [-0.2, -0.15) is 0 Å². The minimum absolute atomic E-state index is 0.0524. The van der Waals surface area contributed by atoms with E-state index in [4.69, 9.17) is 28.4 Å². The first-order valence-electron chi connectivity index (χ1n) is 14.5. The van der Waals surface area contributed by atoms with E-state index in [1.807, 2.05) is 68.4 Å². The summed E-state index contributed by atoms with van der Waals surface area (Å²) in [6.45, 7) is 6.69. The number of hydrogen-bond donors (Lipinski definition) is 2. The quantitative estimate of drug-likeness (QED) is 0.197. The zero-order valence-corrected chi connectivity index (χ0v) is 24.7. The minimum Gasteiger partial charge on any atom is -0.497 e. The molecule has 1 saturated heterocycles. The average Bonchev–Trinajstić information content (AvgIpc) is 3.40. The van der Waals surface area contributed by atoms with Crippen LogP contribution in [0.3, 0.4) is 0 Å². The van der Waals surface area contributed by atoms with Gasteiger partial charge in [0.25, 0.3) is 0 Å². The third-order valence-electron chi connectivity index (χ3n) is 7.52. The zero-order chi connectivity index (χ0) is 29.7. The van der Waals surface area contributed by atoms with Crippen molar-refractivity contribution < 1.29 is 43.4 Å². The summed E-state index contributed by atoms with van der Waals surface area (Å²) in [7, 11) is 1.61.